The van der Waals surface area contributed by atoms with Gasteiger partial charge in [-0.3, -0.25) is 14.6 Å². The third-order valence-electron chi connectivity index (χ3n) is 3.77. The van der Waals surface area contributed by atoms with E-state index in [0.29, 0.717) is 24.4 Å². The molecule has 0 saturated carbocycles. The van der Waals surface area contributed by atoms with E-state index in [1.165, 1.54) is 6.26 Å². The summed E-state index contributed by atoms with van der Waals surface area (Å²) in [5.74, 6) is 0.0970. The molecule has 2 amide bonds. The number of aromatic nitrogens is 1. The molecule has 3 rings (SSSR count). The number of hydrogen-bond donors (Lipinski definition) is 1. The molecule has 2 aromatic heterocycles. The number of likely N-dealkylation sites (tertiary alicyclic amines) is 1. The Hall–Kier alpha value is -2.63. The highest BCUT2D eigenvalue weighted by Crippen LogP contribution is 2.14. The number of piperidine rings is 1. The molecular formula is C16H17N3O3. The number of hydrogen-bond acceptors (Lipinski definition) is 4. The second kappa shape index (κ2) is 6.43. The lowest BCUT2D eigenvalue weighted by Crippen LogP contribution is -2.46. The number of amides is 2. The topological polar surface area (TPSA) is 75.4 Å². The van der Waals surface area contributed by atoms with E-state index >= 15 is 0 Å². The molecule has 0 aliphatic carbocycles. The monoisotopic (exact) mass is 299 g/mol. The van der Waals surface area contributed by atoms with Gasteiger partial charge in [0.2, 0.25) is 0 Å². The molecule has 6 heteroatoms. The highest BCUT2D eigenvalue weighted by atomic mass is 16.3. The molecule has 1 aliphatic rings. The standard InChI is InChI=1S/C16H17N3O3/c20-15(14-4-2-10-22-14)18-13-5-8-19(9-6-13)16(21)12-3-1-7-17-11-12/h1-4,7,10-11,13H,5-6,8-9H2,(H,18,20). The zero-order valence-electron chi connectivity index (χ0n) is 12.1. The molecule has 114 valence electrons. The van der Waals surface area contributed by atoms with Crippen molar-refractivity contribution in [2.75, 3.05) is 13.1 Å². The Kier molecular flexibility index (Phi) is 4.18. The van der Waals surface area contributed by atoms with Gasteiger partial charge in [0, 0.05) is 31.5 Å². The van der Waals surface area contributed by atoms with E-state index in [4.69, 9.17) is 4.42 Å². The van der Waals surface area contributed by atoms with Crippen molar-refractivity contribution in [3.8, 4) is 0 Å². The van der Waals surface area contributed by atoms with Crippen molar-refractivity contribution in [1.82, 2.24) is 15.2 Å². The Balaban J connectivity index is 1.52. The maximum Gasteiger partial charge on any atom is 0.287 e. The molecule has 0 aromatic carbocycles. The van der Waals surface area contributed by atoms with E-state index in [1.807, 2.05) is 0 Å². The lowest BCUT2D eigenvalue weighted by Gasteiger charge is -2.32. The molecule has 0 spiro atoms. The maximum atomic E-state index is 12.3. The van der Waals surface area contributed by atoms with Crippen molar-refractivity contribution in [3.63, 3.8) is 0 Å². The van der Waals surface area contributed by atoms with Crippen LogP contribution < -0.4 is 5.32 Å². The largest absolute Gasteiger partial charge is 0.459 e. The first-order valence-electron chi connectivity index (χ1n) is 7.28. The fourth-order valence-electron chi connectivity index (χ4n) is 2.56. The van der Waals surface area contributed by atoms with Gasteiger partial charge in [0.1, 0.15) is 0 Å². The average molecular weight is 299 g/mol. The Bertz CT molecular complexity index is 632. The quantitative estimate of drug-likeness (QED) is 0.936. The Labute approximate surface area is 128 Å². The first-order valence-corrected chi connectivity index (χ1v) is 7.28. The second-order valence-electron chi connectivity index (χ2n) is 5.26. The molecule has 3 heterocycles. The van der Waals surface area contributed by atoms with Crippen molar-refractivity contribution in [3.05, 3.63) is 54.2 Å². The van der Waals surface area contributed by atoms with E-state index in [-0.39, 0.29) is 17.9 Å². The van der Waals surface area contributed by atoms with Crippen LogP contribution in [-0.4, -0.2) is 40.8 Å². The van der Waals surface area contributed by atoms with Crippen molar-refractivity contribution in [2.45, 2.75) is 18.9 Å². The van der Waals surface area contributed by atoms with E-state index in [1.54, 1.807) is 41.6 Å². The number of carbonyl (C=O) groups excluding carboxylic acids is 2. The fourth-order valence-corrected chi connectivity index (χ4v) is 2.56. The molecule has 0 radical (unpaired) electrons. The molecule has 0 bridgehead atoms. The summed E-state index contributed by atoms with van der Waals surface area (Å²) < 4.78 is 5.07. The summed E-state index contributed by atoms with van der Waals surface area (Å²) in [4.78, 5) is 30.0. The van der Waals surface area contributed by atoms with Gasteiger partial charge in [-0.05, 0) is 37.1 Å². The van der Waals surface area contributed by atoms with Crippen LogP contribution in [0.25, 0.3) is 0 Å². The molecule has 2 aromatic rings. The van der Waals surface area contributed by atoms with Gasteiger partial charge in [0.15, 0.2) is 5.76 Å². The number of furan rings is 1. The zero-order chi connectivity index (χ0) is 15.4. The summed E-state index contributed by atoms with van der Waals surface area (Å²) in [6.45, 7) is 1.24. The number of carbonyl (C=O) groups is 2. The van der Waals surface area contributed by atoms with Crippen LogP contribution in [0.3, 0.4) is 0 Å². The second-order valence-corrected chi connectivity index (χ2v) is 5.26. The molecule has 1 aliphatic heterocycles. The van der Waals surface area contributed by atoms with Crippen LogP contribution in [0.5, 0.6) is 0 Å². The first kappa shape index (κ1) is 14.3. The minimum absolute atomic E-state index is 0.0103. The Morgan fingerprint density at radius 2 is 2.05 bits per heavy atom. The van der Waals surface area contributed by atoms with Crippen molar-refractivity contribution >= 4 is 11.8 Å². The Morgan fingerprint density at radius 3 is 2.68 bits per heavy atom. The predicted octanol–water partition coefficient (Wildman–Crippen LogP) is 1.71. The fraction of sp³-hybridized carbons (Fsp3) is 0.312. The molecule has 0 atom stereocenters. The maximum absolute atomic E-state index is 12.3. The molecule has 1 N–H and O–H groups in total. The van der Waals surface area contributed by atoms with E-state index in [2.05, 4.69) is 10.3 Å². The van der Waals surface area contributed by atoms with Crippen LogP contribution in [0, 0.1) is 0 Å². The van der Waals surface area contributed by atoms with Crippen LogP contribution >= 0.6 is 0 Å². The average Bonchev–Trinajstić information content (AvgIpc) is 3.10. The molecule has 22 heavy (non-hydrogen) atoms. The highest BCUT2D eigenvalue weighted by Gasteiger charge is 2.25. The van der Waals surface area contributed by atoms with Crippen LogP contribution in [0.4, 0.5) is 0 Å². The van der Waals surface area contributed by atoms with Gasteiger partial charge in [0.05, 0.1) is 11.8 Å². The SMILES string of the molecule is O=C(NC1CCN(C(=O)c2cccnc2)CC1)c1ccco1. The third kappa shape index (κ3) is 3.16. The third-order valence-corrected chi connectivity index (χ3v) is 3.77. The van der Waals surface area contributed by atoms with Gasteiger partial charge in [-0.25, -0.2) is 0 Å². The number of nitrogens with one attached hydrogen (secondary N) is 1. The van der Waals surface area contributed by atoms with Crippen molar-refractivity contribution < 1.29 is 14.0 Å². The zero-order valence-corrected chi connectivity index (χ0v) is 12.1. The summed E-state index contributed by atoms with van der Waals surface area (Å²) in [7, 11) is 0. The van der Waals surface area contributed by atoms with Crippen molar-refractivity contribution in [2.24, 2.45) is 0 Å². The smallest absolute Gasteiger partial charge is 0.287 e. The van der Waals surface area contributed by atoms with Gasteiger partial charge >= 0.3 is 0 Å². The highest BCUT2D eigenvalue weighted by molar-refractivity contribution is 5.94. The van der Waals surface area contributed by atoms with Gasteiger partial charge in [0.25, 0.3) is 11.8 Å². The summed E-state index contributed by atoms with van der Waals surface area (Å²) in [5, 5.41) is 2.94. The number of nitrogens with zero attached hydrogens (tertiary/aromatic N) is 2. The lowest BCUT2D eigenvalue weighted by atomic mass is 10.0. The molecule has 6 nitrogen and oxygen atoms in total. The van der Waals surface area contributed by atoms with E-state index < -0.39 is 0 Å². The summed E-state index contributed by atoms with van der Waals surface area (Å²) in [5.41, 5.74) is 0.598. The van der Waals surface area contributed by atoms with Crippen LogP contribution in [0.2, 0.25) is 0 Å². The van der Waals surface area contributed by atoms with Crippen LogP contribution in [0.15, 0.2) is 47.3 Å². The van der Waals surface area contributed by atoms with E-state index in [9.17, 15) is 9.59 Å². The molecular weight excluding hydrogens is 282 g/mol. The summed E-state index contributed by atoms with van der Waals surface area (Å²) in [6, 6.07) is 6.90. The minimum atomic E-state index is -0.206. The first-order chi connectivity index (χ1) is 10.7. The van der Waals surface area contributed by atoms with Gasteiger partial charge in [-0.1, -0.05) is 0 Å². The summed E-state index contributed by atoms with van der Waals surface area (Å²) >= 11 is 0. The van der Waals surface area contributed by atoms with Gasteiger partial charge in [-0.2, -0.15) is 0 Å². The number of pyridine rings is 1. The van der Waals surface area contributed by atoms with Crippen LogP contribution in [0.1, 0.15) is 33.8 Å². The Morgan fingerprint density at radius 1 is 1.23 bits per heavy atom. The lowest BCUT2D eigenvalue weighted by molar-refractivity contribution is 0.0695. The molecule has 0 unspecified atom stereocenters. The van der Waals surface area contributed by atoms with Crippen LogP contribution in [-0.2, 0) is 0 Å². The van der Waals surface area contributed by atoms with E-state index in [0.717, 1.165) is 12.8 Å². The molecule has 1 fully saturated rings. The van der Waals surface area contributed by atoms with Gasteiger partial charge < -0.3 is 14.6 Å². The van der Waals surface area contributed by atoms with Crippen molar-refractivity contribution in [1.29, 1.82) is 0 Å². The summed E-state index contributed by atoms with van der Waals surface area (Å²) in [6.07, 6.45) is 6.17. The normalized spacial score (nSPS) is 15.5. The molecule has 1 saturated heterocycles. The van der Waals surface area contributed by atoms with Gasteiger partial charge in [-0.15, -0.1) is 0 Å². The predicted molar refractivity (Wildman–Crippen MR) is 79.3 cm³/mol. The minimum Gasteiger partial charge on any atom is -0.459 e. The number of rotatable bonds is 3.